The van der Waals surface area contributed by atoms with Gasteiger partial charge in [-0.2, -0.15) is 0 Å². The molecule has 2 aromatic rings. The largest absolute Gasteiger partial charge is 0.374 e. The molecule has 2 atom stereocenters. The van der Waals surface area contributed by atoms with Gasteiger partial charge in [0.1, 0.15) is 12.3 Å². The maximum atomic E-state index is 13.2. The molecule has 5 aliphatic rings. The van der Waals surface area contributed by atoms with Crippen molar-refractivity contribution in [1.82, 2.24) is 29.6 Å². The number of aromatic nitrogens is 2. The number of hydrogen-bond acceptors (Lipinski definition) is 6. The van der Waals surface area contributed by atoms with Crippen LogP contribution >= 0.6 is 0 Å². The number of rotatable bonds is 5. The van der Waals surface area contributed by atoms with Crippen LogP contribution in [-0.2, 0) is 11.8 Å². The smallest absolute Gasteiger partial charge is 0.329 e. The van der Waals surface area contributed by atoms with Crippen molar-refractivity contribution in [3.05, 3.63) is 34.2 Å². The van der Waals surface area contributed by atoms with Crippen LogP contribution in [0.3, 0.4) is 0 Å². The molecule has 224 valence electrons. The lowest BCUT2D eigenvalue weighted by molar-refractivity contribution is -0.130. The summed E-state index contributed by atoms with van der Waals surface area (Å²) in [5, 5.41) is 15.9. The molecular formula is C32H48N6O3. The lowest BCUT2D eigenvalue weighted by Gasteiger charge is -2.55. The second-order valence-electron chi connectivity index (χ2n) is 13.9. The van der Waals surface area contributed by atoms with Crippen molar-refractivity contribution < 1.29 is 9.90 Å². The topological polar surface area (TPSA) is 94.8 Å². The predicted molar refractivity (Wildman–Crippen MR) is 160 cm³/mol. The lowest BCUT2D eigenvalue weighted by atomic mass is 9.60. The van der Waals surface area contributed by atoms with E-state index in [9.17, 15) is 14.7 Å². The third-order valence-corrected chi connectivity index (χ3v) is 11.5. The van der Waals surface area contributed by atoms with Gasteiger partial charge in [-0.25, -0.2) is 4.79 Å². The van der Waals surface area contributed by atoms with Crippen molar-refractivity contribution in [2.45, 2.75) is 88.4 Å². The molecule has 9 nitrogen and oxygen atoms in total. The number of nitrogens with one attached hydrogen (secondary N) is 2. The first-order chi connectivity index (χ1) is 19.9. The molecular weight excluding hydrogens is 516 g/mol. The van der Waals surface area contributed by atoms with E-state index in [1.807, 2.05) is 6.07 Å². The van der Waals surface area contributed by atoms with E-state index in [-0.39, 0.29) is 11.6 Å². The average Bonchev–Trinajstić information content (AvgIpc) is 3.22. The average molecular weight is 565 g/mol. The number of likely N-dealkylation sites (tertiary alicyclic amines) is 2. The molecule has 0 bridgehead atoms. The Balaban J connectivity index is 0.918. The number of fused-ring (bicyclic) bond motifs is 1. The van der Waals surface area contributed by atoms with E-state index < -0.39 is 12.3 Å². The molecule has 9 heteroatoms. The highest BCUT2D eigenvalue weighted by atomic mass is 16.3. The number of aryl methyl sites for hydroxylation is 1. The fraction of sp³-hybridized carbons (Fsp3) is 0.750. The number of benzene rings is 1. The first-order valence-electron chi connectivity index (χ1n) is 16.3. The lowest BCUT2D eigenvalue weighted by Crippen LogP contribution is -2.56. The first kappa shape index (κ1) is 27.6. The van der Waals surface area contributed by atoms with Crippen LogP contribution in [0, 0.1) is 11.3 Å². The van der Waals surface area contributed by atoms with Gasteiger partial charge in [-0.15, -0.1) is 0 Å². The van der Waals surface area contributed by atoms with E-state index in [2.05, 4.69) is 32.6 Å². The van der Waals surface area contributed by atoms with Crippen molar-refractivity contribution in [3.63, 3.8) is 0 Å². The van der Waals surface area contributed by atoms with Gasteiger partial charge in [0.15, 0.2) is 0 Å². The Morgan fingerprint density at radius 3 is 2.37 bits per heavy atom. The number of piperidine rings is 4. The van der Waals surface area contributed by atoms with Gasteiger partial charge >= 0.3 is 5.69 Å². The van der Waals surface area contributed by atoms with Crippen LogP contribution in [0.25, 0.3) is 11.0 Å². The number of carbonyl (C=O) groups is 1. The van der Waals surface area contributed by atoms with Gasteiger partial charge in [0.05, 0.1) is 11.0 Å². The SMILES string of the molecule is Cn1c(=O)n(C2CCC(O)NC2=O)c2ccc(C3CCN(CC4CCN(C5CC6(CCNCC6)C5)CC4)CC3)cc21. The number of amides is 1. The van der Waals surface area contributed by atoms with E-state index in [0.29, 0.717) is 24.2 Å². The summed E-state index contributed by atoms with van der Waals surface area (Å²) in [6, 6.07) is 6.65. The minimum absolute atomic E-state index is 0.169. The molecule has 1 aliphatic carbocycles. The van der Waals surface area contributed by atoms with Crippen LogP contribution in [0.1, 0.15) is 81.7 Å². The molecule has 41 heavy (non-hydrogen) atoms. The minimum Gasteiger partial charge on any atom is -0.374 e. The van der Waals surface area contributed by atoms with Crippen LogP contribution in [0.2, 0.25) is 0 Å². The van der Waals surface area contributed by atoms with E-state index in [1.54, 1.807) is 16.2 Å². The molecule has 0 radical (unpaired) electrons. The van der Waals surface area contributed by atoms with Crippen LogP contribution < -0.4 is 16.3 Å². The summed E-state index contributed by atoms with van der Waals surface area (Å²) in [5.74, 6) is 1.05. The maximum absolute atomic E-state index is 13.2. The molecule has 3 N–H and O–H groups in total. The van der Waals surface area contributed by atoms with Crippen LogP contribution in [-0.4, -0.2) is 88.0 Å². The van der Waals surface area contributed by atoms with Gasteiger partial charge in [-0.3, -0.25) is 13.9 Å². The second kappa shape index (κ2) is 11.1. The fourth-order valence-electron chi connectivity index (χ4n) is 8.84. The van der Waals surface area contributed by atoms with E-state index in [4.69, 9.17) is 0 Å². The Kier molecular flexibility index (Phi) is 7.50. The number of nitrogens with zero attached hydrogens (tertiary/aromatic N) is 4. The molecule has 1 aromatic heterocycles. The molecule has 5 fully saturated rings. The van der Waals surface area contributed by atoms with Gasteiger partial charge in [0.25, 0.3) is 0 Å². The van der Waals surface area contributed by atoms with Gasteiger partial charge in [-0.05, 0) is 138 Å². The fourth-order valence-corrected chi connectivity index (χ4v) is 8.84. The number of aliphatic hydroxyl groups excluding tert-OH is 1. The molecule has 2 unspecified atom stereocenters. The summed E-state index contributed by atoms with van der Waals surface area (Å²) >= 11 is 0. The summed E-state index contributed by atoms with van der Waals surface area (Å²) in [5.41, 5.74) is 3.50. The zero-order valence-corrected chi connectivity index (χ0v) is 24.7. The second-order valence-corrected chi connectivity index (χ2v) is 13.9. The quantitative estimate of drug-likeness (QED) is 0.517. The number of aliphatic hydroxyl groups is 1. The maximum Gasteiger partial charge on any atom is 0.329 e. The third-order valence-electron chi connectivity index (χ3n) is 11.5. The normalized spacial score (nSPS) is 29.2. The molecule has 1 spiro atoms. The highest BCUT2D eigenvalue weighted by molar-refractivity contribution is 5.85. The van der Waals surface area contributed by atoms with E-state index in [0.717, 1.165) is 48.9 Å². The minimum atomic E-state index is -0.825. The Hall–Kier alpha value is -2.20. The Morgan fingerprint density at radius 1 is 0.927 bits per heavy atom. The summed E-state index contributed by atoms with van der Waals surface area (Å²) in [6.45, 7) is 8.57. The Labute approximate surface area is 243 Å². The molecule has 4 aliphatic heterocycles. The zero-order chi connectivity index (χ0) is 28.1. The Morgan fingerprint density at radius 2 is 1.66 bits per heavy atom. The molecule has 1 amide bonds. The summed E-state index contributed by atoms with van der Waals surface area (Å²) in [6.07, 6.45) is 10.8. The highest BCUT2D eigenvalue weighted by Gasteiger charge is 2.47. The van der Waals surface area contributed by atoms with Crippen LogP contribution in [0.15, 0.2) is 23.0 Å². The third kappa shape index (κ3) is 5.28. The monoisotopic (exact) mass is 564 g/mol. The van der Waals surface area contributed by atoms with Gasteiger partial charge in [-0.1, -0.05) is 6.07 Å². The highest BCUT2D eigenvalue weighted by Crippen LogP contribution is 2.50. The van der Waals surface area contributed by atoms with Crippen LogP contribution in [0.4, 0.5) is 0 Å². The van der Waals surface area contributed by atoms with Gasteiger partial charge < -0.3 is 25.5 Å². The van der Waals surface area contributed by atoms with Crippen LogP contribution in [0.5, 0.6) is 0 Å². The van der Waals surface area contributed by atoms with E-state index >= 15 is 0 Å². The van der Waals surface area contributed by atoms with Crippen molar-refractivity contribution in [1.29, 1.82) is 0 Å². The number of carbonyl (C=O) groups excluding carboxylic acids is 1. The van der Waals surface area contributed by atoms with Gasteiger partial charge in [0.2, 0.25) is 5.91 Å². The summed E-state index contributed by atoms with van der Waals surface area (Å²) in [7, 11) is 1.80. The first-order valence-corrected chi connectivity index (χ1v) is 16.3. The predicted octanol–water partition coefficient (Wildman–Crippen LogP) is 2.53. The number of hydrogen-bond donors (Lipinski definition) is 3. The van der Waals surface area contributed by atoms with Gasteiger partial charge in [0, 0.05) is 19.6 Å². The van der Waals surface area contributed by atoms with Crippen molar-refractivity contribution in [2.75, 3.05) is 45.8 Å². The number of imidazole rings is 1. The summed E-state index contributed by atoms with van der Waals surface area (Å²) in [4.78, 5) is 31.2. The standard InChI is InChI=1S/C32H48N6O3/c1-35-28-18-24(2-3-26(28)38(31(35)41)27-4-5-29(39)34-30(27)40)23-8-14-36(15-9-23)21-22-6-16-37(17-7-22)25-19-32(20-25)10-12-33-13-11-32/h2-3,18,22-23,25,27,29,33,39H,4-17,19-21H2,1H3,(H,34,40). The van der Waals surface area contributed by atoms with Crippen molar-refractivity contribution in [2.24, 2.45) is 18.4 Å². The summed E-state index contributed by atoms with van der Waals surface area (Å²) < 4.78 is 3.29. The zero-order valence-electron chi connectivity index (χ0n) is 24.7. The molecule has 5 heterocycles. The van der Waals surface area contributed by atoms with E-state index in [1.165, 1.54) is 76.8 Å². The molecule has 1 aromatic carbocycles. The molecule has 1 saturated carbocycles. The molecule has 7 rings (SSSR count). The van der Waals surface area contributed by atoms with Crippen molar-refractivity contribution in [3.8, 4) is 0 Å². The molecule has 4 saturated heterocycles. The Bertz CT molecular complexity index is 1300. The van der Waals surface area contributed by atoms with Crippen molar-refractivity contribution >= 4 is 16.9 Å².